The summed E-state index contributed by atoms with van der Waals surface area (Å²) in [5.41, 5.74) is 5.71. The molecule has 0 radical (unpaired) electrons. The van der Waals surface area contributed by atoms with Crippen LogP contribution >= 0.6 is 0 Å². The number of anilines is 1. The molecule has 0 aliphatic heterocycles. The minimum Gasteiger partial charge on any atom is -0.378 e. The third-order valence-electron chi connectivity index (χ3n) is 3.87. The van der Waals surface area contributed by atoms with Crippen molar-refractivity contribution < 1.29 is 4.92 Å². The summed E-state index contributed by atoms with van der Waals surface area (Å²) in [6, 6.07) is 0.229. The number of hydrogen-bond donors (Lipinski definition) is 1. The van der Waals surface area contributed by atoms with Gasteiger partial charge >= 0.3 is 5.69 Å². The molecule has 1 heterocycles. The zero-order valence-corrected chi connectivity index (χ0v) is 10.7. The third-order valence-corrected chi connectivity index (χ3v) is 3.87. The van der Waals surface area contributed by atoms with E-state index in [2.05, 4.69) is 12.0 Å². The summed E-state index contributed by atoms with van der Waals surface area (Å²) in [4.78, 5) is 10.3. The molecule has 2 rings (SSSR count). The zero-order valence-electron chi connectivity index (χ0n) is 10.7. The van der Waals surface area contributed by atoms with E-state index >= 15 is 0 Å². The highest BCUT2D eigenvalue weighted by atomic mass is 16.6. The number of nitro groups is 1. The molecule has 1 aromatic heterocycles. The Bertz CT molecular complexity index is 422. The molecule has 6 nitrogen and oxygen atoms in total. The number of rotatable bonds is 4. The van der Waals surface area contributed by atoms with Crippen LogP contribution in [0.25, 0.3) is 0 Å². The van der Waals surface area contributed by atoms with Gasteiger partial charge in [-0.15, -0.1) is 0 Å². The van der Waals surface area contributed by atoms with E-state index in [1.54, 1.807) is 4.68 Å². The Balaban J connectivity index is 2.03. The second kappa shape index (κ2) is 5.37. The van der Waals surface area contributed by atoms with Crippen LogP contribution in [0.15, 0.2) is 6.20 Å². The Morgan fingerprint density at radius 2 is 2.17 bits per heavy atom. The van der Waals surface area contributed by atoms with Crippen LogP contribution in [0, 0.1) is 16.0 Å². The lowest BCUT2D eigenvalue weighted by Crippen LogP contribution is -2.20. The number of aromatic nitrogens is 2. The molecule has 0 amide bonds. The Kier molecular flexibility index (Phi) is 3.84. The Hall–Kier alpha value is -1.59. The van der Waals surface area contributed by atoms with Crippen LogP contribution in [-0.4, -0.2) is 14.7 Å². The molecule has 0 bridgehead atoms. The topological polar surface area (TPSA) is 87.0 Å². The van der Waals surface area contributed by atoms with Gasteiger partial charge in [0.15, 0.2) is 0 Å². The standard InChI is InChI=1S/C12H20N4O2/c1-2-3-9-4-6-10(7-5-9)15-12(13)11(8-14-15)16(17)18/h8-10H,2-7,13H2,1H3. The first kappa shape index (κ1) is 12.9. The maximum atomic E-state index is 10.7. The van der Waals surface area contributed by atoms with Gasteiger partial charge in [0.2, 0.25) is 5.82 Å². The average molecular weight is 252 g/mol. The van der Waals surface area contributed by atoms with Gasteiger partial charge in [-0.1, -0.05) is 19.8 Å². The molecule has 0 aromatic carbocycles. The van der Waals surface area contributed by atoms with Crippen molar-refractivity contribution in [1.82, 2.24) is 9.78 Å². The summed E-state index contributed by atoms with van der Waals surface area (Å²) in [6.45, 7) is 2.21. The highest BCUT2D eigenvalue weighted by Gasteiger charge is 2.27. The molecule has 1 fully saturated rings. The first-order valence-electron chi connectivity index (χ1n) is 6.60. The van der Waals surface area contributed by atoms with Crippen molar-refractivity contribution in [3.05, 3.63) is 16.3 Å². The normalized spacial score (nSPS) is 24.1. The Morgan fingerprint density at radius 1 is 1.50 bits per heavy atom. The van der Waals surface area contributed by atoms with Gasteiger partial charge in [0.1, 0.15) is 6.20 Å². The highest BCUT2D eigenvalue weighted by Crippen LogP contribution is 2.36. The summed E-state index contributed by atoms with van der Waals surface area (Å²) < 4.78 is 1.64. The van der Waals surface area contributed by atoms with Gasteiger partial charge in [-0.25, -0.2) is 4.68 Å². The molecule has 0 spiro atoms. The fourth-order valence-corrected chi connectivity index (χ4v) is 2.88. The van der Waals surface area contributed by atoms with Gasteiger partial charge in [0.05, 0.1) is 11.0 Å². The van der Waals surface area contributed by atoms with E-state index in [0.717, 1.165) is 18.8 Å². The van der Waals surface area contributed by atoms with Crippen molar-refractivity contribution in [2.45, 2.75) is 51.5 Å². The van der Waals surface area contributed by atoms with Gasteiger partial charge in [-0.05, 0) is 31.6 Å². The summed E-state index contributed by atoms with van der Waals surface area (Å²) in [5.74, 6) is 0.997. The molecule has 6 heteroatoms. The quantitative estimate of drug-likeness (QED) is 0.659. The van der Waals surface area contributed by atoms with Crippen LogP contribution in [0.2, 0.25) is 0 Å². The molecule has 1 saturated carbocycles. The summed E-state index contributed by atoms with van der Waals surface area (Å²) in [6.07, 6.45) is 8.15. The van der Waals surface area contributed by atoms with E-state index < -0.39 is 4.92 Å². The minimum atomic E-state index is -0.471. The van der Waals surface area contributed by atoms with Crippen LogP contribution in [0.1, 0.15) is 51.5 Å². The first-order chi connectivity index (χ1) is 8.63. The van der Waals surface area contributed by atoms with Crippen LogP contribution < -0.4 is 5.73 Å². The molecule has 0 saturated heterocycles. The molecule has 0 unspecified atom stereocenters. The van der Waals surface area contributed by atoms with Gasteiger partial charge < -0.3 is 5.73 Å². The fourth-order valence-electron chi connectivity index (χ4n) is 2.88. The largest absolute Gasteiger partial charge is 0.378 e. The van der Waals surface area contributed by atoms with Gasteiger partial charge in [-0.2, -0.15) is 5.10 Å². The molecule has 0 atom stereocenters. The van der Waals surface area contributed by atoms with Crippen molar-refractivity contribution in [1.29, 1.82) is 0 Å². The van der Waals surface area contributed by atoms with E-state index in [1.165, 1.54) is 31.9 Å². The Labute approximate surface area is 106 Å². The first-order valence-corrected chi connectivity index (χ1v) is 6.60. The van der Waals surface area contributed by atoms with E-state index in [9.17, 15) is 10.1 Å². The average Bonchev–Trinajstić information content (AvgIpc) is 2.73. The van der Waals surface area contributed by atoms with E-state index in [1.807, 2.05) is 0 Å². The maximum Gasteiger partial charge on any atom is 0.330 e. The monoisotopic (exact) mass is 252 g/mol. The van der Waals surface area contributed by atoms with E-state index in [0.29, 0.717) is 0 Å². The molecular formula is C12H20N4O2. The van der Waals surface area contributed by atoms with Crippen LogP contribution in [0.5, 0.6) is 0 Å². The smallest absolute Gasteiger partial charge is 0.330 e. The molecule has 1 aliphatic carbocycles. The lowest BCUT2D eigenvalue weighted by molar-refractivity contribution is -0.384. The predicted octanol–water partition coefficient (Wildman–Crippen LogP) is 2.90. The number of hydrogen-bond acceptors (Lipinski definition) is 4. The fraction of sp³-hybridized carbons (Fsp3) is 0.750. The SMILES string of the molecule is CCCC1CCC(n2ncc([N+](=O)[O-])c2N)CC1. The second-order valence-electron chi connectivity index (χ2n) is 5.08. The van der Waals surface area contributed by atoms with Crippen LogP contribution in [-0.2, 0) is 0 Å². The molecule has 1 aromatic rings. The van der Waals surface area contributed by atoms with Crippen LogP contribution in [0.4, 0.5) is 11.5 Å². The number of nitrogens with zero attached hydrogens (tertiary/aromatic N) is 3. The van der Waals surface area contributed by atoms with Crippen LogP contribution in [0.3, 0.4) is 0 Å². The minimum absolute atomic E-state index is 0.0781. The van der Waals surface area contributed by atoms with E-state index in [-0.39, 0.29) is 17.5 Å². The second-order valence-corrected chi connectivity index (χ2v) is 5.08. The lowest BCUT2D eigenvalue weighted by atomic mass is 9.83. The van der Waals surface area contributed by atoms with E-state index in [4.69, 9.17) is 5.73 Å². The number of nitrogen functional groups attached to an aromatic ring is 1. The van der Waals surface area contributed by atoms with Crippen molar-refractivity contribution in [3.63, 3.8) is 0 Å². The molecule has 18 heavy (non-hydrogen) atoms. The van der Waals surface area contributed by atoms with Gasteiger partial charge in [0, 0.05) is 0 Å². The zero-order chi connectivity index (χ0) is 13.1. The van der Waals surface area contributed by atoms with Crippen molar-refractivity contribution in [2.24, 2.45) is 5.92 Å². The molecule has 1 aliphatic rings. The summed E-state index contributed by atoms with van der Waals surface area (Å²) in [7, 11) is 0. The Morgan fingerprint density at radius 3 is 2.67 bits per heavy atom. The van der Waals surface area contributed by atoms with Gasteiger partial charge in [-0.3, -0.25) is 10.1 Å². The van der Waals surface area contributed by atoms with Crippen molar-refractivity contribution in [2.75, 3.05) is 5.73 Å². The third kappa shape index (κ3) is 2.47. The van der Waals surface area contributed by atoms with Gasteiger partial charge in [0.25, 0.3) is 0 Å². The summed E-state index contributed by atoms with van der Waals surface area (Å²) >= 11 is 0. The molecular weight excluding hydrogens is 232 g/mol. The maximum absolute atomic E-state index is 10.7. The number of nitrogens with two attached hydrogens (primary N) is 1. The summed E-state index contributed by atoms with van der Waals surface area (Å²) in [5, 5.41) is 14.8. The predicted molar refractivity (Wildman–Crippen MR) is 69.2 cm³/mol. The molecule has 2 N–H and O–H groups in total. The van der Waals surface area contributed by atoms with Crippen molar-refractivity contribution >= 4 is 11.5 Å². The highest BCUT2D eigenvalue weighted by molar-refractivity contribution is 5.51. The lowest BCUT2D eigenvalue weighted by Gasteiger charge is -2.28. The van der Waals surface area contributed by atoms with Crippen molar-refractivity contribution in [3.8, 4) is 0 Å². The molecule has 100 valence electrons.